The summed E-state index contributed by atoms with van der Waals surface area (Å²) in [5, 5.41) is 0. The SMILES string of the molecule is CC1CC(=O)c2cc3c(cc21)C(C)(C)C(C)C3(C)C. The molecule has 2 unspecified atom stereocenters. The fraction of sp³-hybridized carbons (Fsp3) is 0.611. The molecule has 1 heteroatoms. The third-order valence-corrected chi connectivity index (χ3v) is 6.07. The first-order valence-corrected chi connectivity index (χ1v) is 7.39. The monoisotopic (exact) mass is 256 g/mol. The van der Waals surface area contributed by atoms with Gasteiger partial charge in [-0.1, -0.05) is 47.6 Å². The van der Waals surface area contributed by atoms with Gasteiger partial charge in [-0.25, -0.2) is 0 Å². The maximum atomic E-state index is 12.1. The van der Waals surface area contributed by atoms with Gasteiger partial charge < -0.3 is 0 Å². The number of ketones is 1. The zero-order chi connectivity index (χ0) is 14.2. The lowest BCUT2D eigenvalue weighted by Gasteiger charge is -2.32. The summed E-state index contributed by atoms with van der Waals surface area (Å²) in [7, 11) is 0. The first kappa shape index (κ1) is 12.9. The third kappa shape index (κ3) is 1.45. The van der Waals surface area contributed by atoms with E-state index in [1.54, 1.807) is 0 Å². The van der Waals surface area contributed by atoms with E-state index in [0.717, 1.165) is 5.56 Å². The fourth-order valence-corrected chi connectivity index (χ4v) is 4.20. The highest BCUT2D eigenvalue weighted by atomic mass is 16.1. The molecule has 2 aliphatic carbocycles. The second-order valence-corrected chi connectivity index (χ2v) is 7.68. The Labute approximate surface area is 116 Å². The number of hydrogen-bond acceptors (Lipinski definition) is 1. The van der Waals surface area contributed by atoms with Crippen molar-refractivity contribution in [2.75, 3.05) is 0 Å². The van der Waals surface area contributed by atoms with E-state index in [-0.39, 0.29) is 10.8 Å². The summed E-state index contributed by atoms with van der Waals surface area (Å²) in [4.78, 5) is 12.1. The van der Waals surface area contributed by atoms with Crippen molar-refractivity contribution in [2.45, 2.75) is 64.7 Å². The van der Waals surface area contributed by atoms with Crippen LogP contribution in [0, 0.1) is 5.92 Å². The minimum Gasteiger partial charge on any atom is -0.294 e. The molecule has 0 aromatic heterocycles. The zero-order valence-electron chi connectivity index (χ0n) is 12.9. The Kier molecular flexibility index (Phi) is 2.38. The number of rotatable bonds is 0. The quantitative estimate of drug-likeness (QED) is 0.664. The molecule has 1 aromatic carbocycles. The van der Waals surface area contributed by atoms with Crippen LogP contribution < -0.4 is 0 Å². The highest BCUT2D eigenvalue weighted by Gasteiger charge is 2.49. The molecule has 0 amide bonds. The van der Waals surface area contributed by atoms with E-state index in [0.29, 0.717) is 24.0 Å². The number of carbonyl (C=O) groups is 1. The van der Waals surface area contributed by atoms with Gasteiger partial charge in [-0.3, -0.25) is 4.79 Å². The van der Waals surface area contributed by atoms with Gasteiger partial charge in [0.05, 0.1) is 0 Å². The maximum absolute atomic E-state index is 12.1. The van der Waals surface area contributed by atoms with Crippen LogP contribution in [0.5, 0.6) is 0 Å². The Morgan fingerprint density at radius 1 is 1.00 bits per heavy atom. The lowest BCUT2D eigenvalue weighted by molar-refractivity contribution is 0.0990. The Hall–Kier alpha value is -1.11. The van der Waals surface area contributed by atoms with Crippen LogP contribution in [0.2, 0.25) is 0 Å². The molecule has 102 valence electrons. The molecular weight excluding hydrogens is 232 g/mol. The van der Waals surface area contributed by atoms with Gasteiger partial charge in [0, 0.05) is 12.0 Å². The van der Waals surface area contributed by atoms with E-state index in [4.69, 9.17) is 0 Å². The average Bonchev–Trinajstić information content (AvgIpc) is 2.67. The molecule has 0 radical (unpaired) electrons. The van der Waals surface area contributed by atoms with E-state index >= 15 is 0 Å². The topological polar surface area (TPSA) is 17.1 Å². The fourth-order valence-electron chi connectivity index (χ4n) is 4.20. The molecule has 0 aliphatic heterocycles. The van der Waals surface area contributed by atoms with Crippen LogP contribution >= 0.6 is 0 Å². The van der Waals surface area contributed by atoms with Crippen LogP contribution in [0.3, 0.4) is 0 Å². The van der Waals surface area contributed by atoms with Crippen molar-refractivity contribution in [1.29, 1.82) is 0 Å². The van der Waals surface area contributed by atoms with Crippen molar-refractivity contribution in [3.63, 3.8) is 0 Å². The Balaban J connectivity index is 2.30. The van der Waals surface area contributed by atoms with Gasteiger partial charge in [-0.15, -0.1) is 0 Å². The predicted octanol–water partition coefficient (Wildman–Crippen LogP) is 4.58. The van der Waals surface area contributed by atoms with Gasteiger partial charge in [-0.05, 0) is 45.4 Å². The van der Waals surface area contributed by atoms with Gasteiger partial charge >= 0.3 is 0 Å². The van der Waals surface area contributed by atoms with Crippen LogP contribution in [0.25, 0.3) is 0 Å². The van der Waals surface area contributed by atoms with E-state index in [2.05, 4.69) is 53.7 Å². The van der Waals surface area contributed by atoms with Gasteiger partial charge in [0.25, 0.3) is 0 Å². The van der Waals surface area contributed by atoms with Crippen molar-refractivity contribution < 1.29 is 4.79 Å². The lowest BCUT2D eigenvalue weighted by Crippen LogP contribution is -2.30. The Morgan fingerprint density at radius 3 is 2.11 bits per heavy atom. The molecule has 2 aliphatic rings. The molecule has 0 saturated heterocycles. The summed E-state index contributed by atoms with van der Waals surface area (Å²) in [5.74, 6) is 1.31. The molecule has 0 N–H and O–H groups in total. The molecule has 1 aromatic rings. The van der Waals surface area contributed by atoms with Crippen LogP contribution in [-0.2, 0) is 10.8 Å². The Morgan fingerprint density at radius 2 is 1.53 bits per heavy atom. The summed E-state index contributed by atoms with van der Waals surface area (Å²) >= 11 is 0. The minimum absolute atomic E-state index is 0.153. The first-order valence-electron chi connectivity index (χ1n) is 7.39. The number of fused-ring (bicyclic) bond motifs is 2. The van der Waals surface area contributed by atoms with E-state index < -0.39 is 0 Å². The number of hydrogen-bond donors (Lipinski definition) is 0. The molecule has 3 rings (SSSR count). The molecule has 0 saturated carbocycles. The smallest absolute Gasteiger partial charge is 0.163 e. The maximum Gasteiger partial charge on any atom is 0.163 e. The molecule has 2 atom stereocenters. The second kappa shape index (κ2) is 3.50. The average molecular weight is 256 g/mol. The normalized spacial score (nSPS) is 30.3. The van der Waals surface area contributed by atoms with Crippen molar-refractivity contribution in [3.8, 4) is 0 Å². The Bertz CT molecular complexity index is 578. The van der Waals surface area contributed by atoms with E-state index in [9.17, 15) is 4.79 Å². The molecule has 0 heterocycles. The van der Waals surface area contributed by atoms with Gasteiger partial charge in [0.1, 0.15) is 0 Å². The summed E-state index contributed by atoms with van der Waals surface area (Å²) in [6.45, 7) is 13.8. The van der Waals surface area contributed by atoms with E-state index in [1.807, 2.05) is 0 Å². The molecule has 0 bridgehead atoms. The summed E-state index contributed by atoms with van der Waals surface area (Å²) in [6, 6.07) is 4.55. The zero-order valence-corrected chi connectivity index (χ0v) is 12.9. The summed E-state index contributed by atoms with van der Waals surface area (Å²) < 4.78 is 0. The molecule has 0 spiro atoms. The highest BCUT2D eigenvalue weighted by molar-refractivity contribution is 6.01. The highest BCUT2D eigenvalue weighted by Crippen LogP contribution is 2.55. The van der Waals surface area contributed by atoms with Gasteiger partial charge in [0.15, 0.2) is 5.78 Å². The summed E-state index contributed by atoms with van der Waals surface area (Å²) in [6.07, 6.45) is 0.689. The molecule has 1 nitrogen and oxygen atoms in total. The van der Waals surface area contributed by atoms with Crippen molar-refractivity contribution in [3.05, 3.63) is 34.4 Å². The third-order valence-electron chi connectivity index (χ3n) is 6.07. The number of Topliss-reactive ketones (excluding diaryl/α,β-unsaturated/α-hetero) is 1. The summed E-state index contributed by atoms with van der Waals surface area (Å²) in [5.41, 5.74) is 5.47. The number of carbonyl (C=O) groups excluding carboxylic acids is 1. The molecule has 19 heavy (non-hydrogen) atoms. The first-order chi connectivity index (χ1) is 8.67. The van der Waals surface area contributed by atoms with Crippen molar-refractivity contribution >= 4 is 5.78 Å². The van der Waals surface area contributed by atoms with Crippen molar-refractivity contribution in [2.24, 2.45) is 5.92 Å². The largest absolute Gasteiger partial charge is 0.294 e. The number of benzene rings is 1. The van der Waals surface area contributed by atoms with E-state index in [1.165, 1.54) is 16.7 Å². The van der Waals surface area contributed by atoms with Crippen LogP contribution in [-0.4, -0.2) is 5.78 Å². The molecule has 0 fully saturated rings. The minimum atomic E-state index is 0.153. The van der Waals surface area contributed by atoms with Crippen LogP contribution in [0.15, 0.2) is 12.1 Å². The van der Waals surface area contributed by atoms with Crippen LogP contribution in [0.4, 0.5) is 0 Å². The second-order valence-electron chi connectivity index (χ2n) is 7.68. The standard InChI is InChI=1S/C18H24O/c1-10-7-16(19)13-9-15-14(8-12(10)13)17(3,4)11(2)18(15,5)6/h8-11H,7H2,1-6H3. The van der Waals surface area contributed by atoms with Crippen LogP contribution in [0.1, 0.15) is 80.9 Å². The van der Waals surface area contributed by atoms with Crippen molar-refractivity contribution in [1.82, 2.24) is 0 Å². The predicted molar refractivity (Wildman–Crippen MR) is 79.0 cm³/mol. The molecular formula is C18H24O. The van der Waals surface area contributed by atoms with Gasteiger partial charge in [-0.2, -0.15) is 0 Å². The lowest BCUT2D eigenvalue weighted by atomic mass is 9.71. The van der Waals surface area contributed by atoms with Gasteiger partial charge in [0.2, 0.25) is 0 Å².